The topological polar surface area (TPSA) is 171 Å². The number of benzene rings is 2. The number of aliphatic hydroxyl groups excluding tert-OH is 4. The second-order valence-electron chi connectivity index (χ2n) is 10.9. The lowest BCUT2D eigenvalue weighted by Crippen LogP contribution is -2.55. The van der Waals surface area contributed by atoms with Gasteiger partial charge >= 0.3 is 0 Å². The van der Waals surface area contributed by atoms with Gasteiger partial charge < -0.3 is 36.0 Å². The zero-order valence-electron chi connectivity index (χ0n) is 22.1. The molecule has 1 saturated heterocycles. The van der Waals surface area contributed by atoms with Crippen LogP contribution in [0.3, 0.4) is 0 Å². The van der Waals surface area contributed by atoms with Gasteiger partial charge in [0.1, 0.15) is 42.1 Å². The second-order valence-corrected chi connectivity index (χ2v) is 10.9. The number of ether oxygens (including phenoxy) is 1. The number of hydrogen-bond acceptors (Lipinski definition) is 8. The zero-order chi connectivity index (χ0) is 28.2. The van der Waals surface area contributed by atoms with Gasteiger partial charge in [0.05, 0.1) is 12.0 Å². The summed E-state index contributed by atoms with van der Waals surface area (Å²) >= 11 is 0. The van der Waals surface area contributed by atoms with Gasteiger partial charge in [0.25, 0.3) is 0 Å². The SMILES string of the molecule is Cc1cc(O)c([C@@H]2O[C@H](CO)[C@@H](O)[C@H](O)[C@H]2O)cc1Cc1ccc(CCCC(=O)CC(C)(C)C(N)=O)cc1. The summed E-state index contributed by atoms with van der Waals surface area (Å²) in [6.45, 7) is 4.66. The van der Waals surface area contributed by atoms with E-state index in [1.807, 2.05) is 31.2 Å². The van der Waals surface area contributed by atoms with Crippen LogP contribution in [-0.4, -0.2) is 68.2 Å². The molecule has 0 unspecified atom stereocenters. The molecule has 1 aliphatic rings. The number of rotatable bonds is 11. The van der Waals surface area contributed by atoms with Crippen LogP contribution in [-0.2, 0) is 27.2 Å². The average molecular weight is 530 g/mol. The van der Waals surface area contributed by atoms with Crippen LogP contribution in [0.25, 0.3) is 0 Å². The smallest absolute Gasteiger partial charge is 0.223 e. The van der Waals surface area contributed by atoms with E-state index in [0.29, 0.717) is 19.3 Å². The lowest BCUT2D eigenvalue weighted by molar-refractivity contribution is -0.232. The summed E-state index contributed by atoms with van der Waals surface area (Å²) < 4.78 is 5.63. The molecule has 208 valence electrons. The Morgan fingerprint density at radius 1 is 1.00 bits per heavy atom. The molecule has 0 radical (unpaired) electrons. The highest BCUT2D eigenvalue weighted by Crippen LogP contribution is 2.38. The first-order chi connectivity index (χ1) is 17.8. The fraction of sp³-hybridized carbons (Fsp3) is 0.517. The standard InChI is InChI=1S/C29H39NO8/c1-16-11-22(33)21(27-26(36)25(35)24(34)23(15-31)38-27)13-19(16)12-18-9-7-17(8-10-18)5-4-6-20(32)14-29(2,3)28(30)37/h7-11,13,23-27,31,33-36H,4-6,12,14-15H2,1-3H3,(H2,30,37)/t23-,24-,25+,26-,27+/m1/s1. The first kappa shape index (κ1) is 29.7. The predicted molar refractivity (Wildman–Crippen MR) is 140 cm³/mol. The van der Waals surface area contributed by atoms with Crippen LogP contribution in [0.2, 0.25) is 0 Å². The van der Waals surface area contributed by atoms with E-state index >= 15 is 0 Å². The molecule has 1 fully saturated rings. The summed E-state index contributed by atoms with van der Waals surface area (Å²) in [5, 5.41) is 50.8. The van der Waals surface area contributed by atoms with E-state index in [4.69, 9.17) is 10.5 Å². The van der Waals surface area contributed by atoms with Gasteiger partial charge in [-0.2, -0.15) is 0 Å². The van der Waals surface area contributed by atoms with Crippen LogP contribution in [0.4, 0.5) is 0 Å². The molecule has 9 heteroatoms. The molecule has 1 amide bonds. The minimum atomic E-state index is -1.53. The van der Waals surface area contributed by atoms with E-state index in [1.165, 1.54) is 0 Å². The highest BCUT2D eigenvalue weighted by atomic mass is 16.5. The summed E-state index contributed by atoms with van der Waals surface area (Å²) in [5.74, 6) is -0.575. The molecule has 3 rings (SSSR count). The average Bonchev–Trinajstić information content (AvgIpc) is 2.85. The number of nitrogens with two attached hydrogens (primary N) is 1. The third-order valence-electron chi connectivity index (χ3n) is 7.33. The zero-order valence-corrected chi connectivity index (χ0v) is 22.1. The number of aromatic hydroxyl groups is 1. The number of carbonyl (C=O) groups excluding carboxylic acids is 2. The van der Waals surface area contributed by atoms with Crippen molar-refractivity contribution in [2.24, 2.45) is 11.1 Å². The summed E-state index contributed by atoms with van der Waals surface area (Å²) in [6, 6.07) is 11.3. The maximum absolute atomic E-state index is 12.2. The van der Waals surface area contributed by atoms with Crippen molar-refractivity contribution in [3.05, 3.63) is 64.2 Å². The fourth-order valence-corrected chi connectivity index (χ4v) is 4.74. The van der Waals surface area contributed by atoms with Gasteiger partial charge in [0.15, 0.2) is 0 Å². The molecule has 0 spiro atoms. The van der Waals surface area contributed by atoms with Crippen molar-refractivity contribution in [3.63, 3.8) is 0 Å². The fourth-order valence-electron chi connectivity index (χ4n) is 4.74. The molecule has 5 atom stereocenters. The Labute approximate surface area is 222 Å². The molecule has 7 N–H and O–H groups in total. The summed E-state index contributed by atoms with van der Waals surface area (Å²) in [4.78, 5) is 23.6. The highest BCUT2D eigenvalue weighted by Gasteiger charge is 2.44. The highest BCUT2D eigenvalue weighted by molar-refractivity contribution is 5.88. The van der Waals surface area contributed by atoms with Gasteiger partial charge in [-0.15, -0.1) is 0 Å². The Bertz CT molecular complexity index is 1130. The number of ketones is 1. The number of carbonyl (C=O) groups is 2. The maximum atomic E-state index is 12.2. The van der Waals surface area contributed by atoms with Crippen LogP contribution in [0.15, 0.2) is 36.4 Å². The minimum Gasteiger partial charge on any atom is -0.508 e. The number of primary amides is 1. The number of aryl methyl sites for hydroxylation is 2. The molecule has 0 aliphatic carbocycles. The molecule has 38 heavy (non-hydrogen) atoms. The van der Waals surface area contributed by atoms with Crippen molar-refractivity contribution in [1.29, 1.82) is 0 Å². The Morgan fingerprint density at radius 3 is 2.24 bits per heavy atom. The van der Waals surface area contributed by atoms with Gasteiger partial charge in [-0.3, -0.25) is 9.59 Å². The normalized spacial score (nSPS) is 23.8. The summed E-state index contributed by atoms with van der Waals surface area (Å²) in [7, 11) is 0. The minimum absolute atomic E-state index is 0.0171. The first-order valence-corrected chi connectivity index (χ1v) is 12.9. The lowest BCUT2D eigenvalue weighted by atomic mass is 9.85. The van der Waals surface area contributed by atoms with Crippen LogP contribution >= 0.6 is 0 Å². The Balaban J connectivity index is 1.65. The first-order valence-electron chi connectivity index (χ1n) is 12.9. The number of Topliss-reactive ketones (excluding diaryl/α,β-unsaturated/α-hetero) is 1. The van der Waals surface area contributed by atoms with Crippen molar-refractivity contribution in [3.8, 4) is 5.75 Å². The molecule has 0 aromatic heterocycles. The van der Waals surface area contributed by atoms with Crippen molar-refractivity contribution in [2.45, 2.75) is 83.4 Å². The van der Waals surface area contributed by atoms with Crippen molar-refractivity contribution >= 4 is 11.7 Å². The number of phenols is 1. The third-order valence-corrected chi connectivity index (χ3v) is 7.33. The number of amides is 1. The van der Waals surface area contributed by atoms with Crippen molar-refractivity contribution in [1.82, 2.24) is 0 Å². The van der Waals surface area contributed by atoms with E-state index in [2.05, 4.69) is 0 Å². The molecule has 0 bridgehead atoms. The van der Waals surface area contributed by atoms with Gasteiger partial charge in [0.2, 0.25) is 5.91 Å². The molecule has 9 nitrogen and oxygen atoms in total. The predicted octanol–water partition coefficient (Wildman–Crippen LogP) is 1.60. The molecule has 2 aromatic rings. The van der Waals surface area contributed by atoms with E-state index in [1.54, 1.807) is 26.0 Å². The van der Waals surface area contributed by atoms with Crippen molar-refractivity contribution < 1.29 is 39.9 Å². The van der Waals surface area contributed by atoms with Crippen LogP contribution in [0, 0.1) is 12.3 Å². The largest absolute Gasteiger partial charge is 0.508 e. The molecular weight excluding hydrogens is 490 g/mol. The monoisotopic (exact) mass is 529 g/mol. The summed E-state index contributed by atoms with van der Waals surface area (Å²) in [5.41, 5.74) is 8.59. The number of phenolic OH excluding ortho intramolecular Hbond substituents is 1. The Kier molecular flexibility index (Phi) is 9.67. The van der Waals surface area contributed by atoms with Gasteiger partial charge in [-0.25, -0.2) is 0 Å². The molecular formula is C29H39NO8. The Hall–Kier alpha value is -2.82. The van der Waals surface area contributed by atoms with Crippen LogP contribution in [0.5, 0.6) is 5.75 Å². The molecule has 1 heterocycles. The van der Waals surface area contributed by atoms with Crippen LogP contribution < -0.4 is 5.73 Å². The van der Waals surface area contributed by atoms with Crippen molar-refractivity contribution in [2.75, 3.05) is 6.61 Å². The van der Waals surface area contributed by atoms with E-state index in [-0.39, 0.29) is 23.5 Å². The van der Waals surface area contributed by atoms with Gasteiger partial charge in [0, 0.05) is 18.4 Å². The molecule has 0 saturated carbocycles. The summed E-state index contributed by atoms with van der Waals surface area (Å²) in [6.07, 6.45) is -4.23. The van der Waals surface area contributed by atoms with E-state index in [9.17, 15) is 35.1 Å². The van der Waals surface area contributed by atoms with Gasteiger partial charge in [-0.1, -0.05) is 38.1 Å². The number of hydrogen-bond donors (Lipinski definition) is 6. The van der Waals surface area contributed by atoms with E-state index in [0.717, 1.165) is 28.7 Å². The van der Waals surface area contributed by atoms with E-state index < -0.39 is 48.4 Å². The van der Waals surface area contributed by atoms with Crippen LogP contribution in [0.1, 0.15) is 67.0 Å². The van der Waals surface area contributed by atoms with Gasteiger partial charge in [-0.05, 0) is 60.6 Å². The number of aliphatic hydroxyl groups is 4. The molecule has 2 aromatic carbocycles. The third kappa shape index (κ3) is 6.98. The second kappa shape index (κ2) is 12.4. The lowest BCUT2D eigenvalue weighted by Gasteiger charge is -2.40. The Morgan fingerprint density at radius 2 is 1.63 bits per heavy atom. The quantitative estimate of drug-likeness (QED) is 0.255. The molecule has 1 aliphatic heterocycles. The maximum Gasteiger partial charge on any atom is 0.223 e.